The molecule has 1 unspecified atom stereocenters. The van der Waals surface area contributed by atoms with Crippen LogP contribution in [0.4, 0.5) is 11.4 Å². The van der Waals surface area contributed by atoms with E-state index in [0.717, 1.165) is 0 Å². The molecule has 0 fully saturated rings. The van der Waals surface area contributed by atoms with Crippen molar-refractivity contribution >= 4 is 11.4 Å². The van der Waals surface area contributed by atoms with Gasteiger partial charge in [0.25, 0.3) is 5.69 Å². The lowest BCUT2D eigenvalue weighted by Crippen LogP contribution is -2.34. The number of nitrogens with zero attached hydrogens (tertiary/aromatic N) is 1. The van der Waals surface area contributed by atoms with Gasteiger partial charge in [-0.2, -0.15) is 0 Å². The van der Waals surface area contributed by atoms with E-state index in [9.17, 15) is 15.2 Å². The Morgan fingerprint density at radius 1 is 1.40 bits per heavy atom. The first-order valence-corrected chi connectivity index (χ1v) is 6.16. The summed E-state index contributed by atoms with van der Waals surface area (Å²) in [5.74, 6) is 0.387. The van der Waals surface area contributed by atoms with Crippen LogP contribution < -0.4 is 10.1 Å². The summed E-state index contributed by atoms with van der Waals surface area (Å²) in [6.07, 6.45) is 0.461. The Balaban J connectivity index is 2.76. The van der Waals surface area contributed by atoms with Gasteiger partial charge in [-0.3, -0.25) is 10.1 Å². The number of hydrogen-bond donors (Lipinski definition) is 2. The summed E-state index contributed by atoms with van der Waals surface area (Å²) in [7, 11) is 3.01. The molecule has 1 rings (SSSR count). The number of methoxy groups -OCH3 is 2. The van der Waals surface area contributed by atoms with E-state index in [0.29, 0.717) is 24.5 Å². The van der Waals surface area contributed by atoms with E-state index < -0.39 is 10.5 Å². The number of anilines is 1. The Morgan fingerprint density at radius 2 is 2.10 bits per heavy atom. The molecule has 1 atom stereocenters. The van der Waals surface area contributed by atoms with Crippen molar-refractivity contribution in [3.8, 4) is 5.75 Å². The third-order valence-corrected chi connectivity index (χ3v) is 2.86. The van der Waals surface area contributed by atoms with Gasteiger partial charge in [-0.1, -0.05) is 0 Å². The molecule has 0 heterocycles. The average molecular weight is 284 g/mol. The van der Waals surface area contributed by atoms with E-state index in [4.69, 9.17) is 9.47 Å². The molecule has 0 aliphatic carbocycles. The first-order chi connectivity index (χ1) is 9.38. The minimum Gasteiger partial charge on any atom is -0.496 e. The van der Waals surface area contributed by atoms with Gasteiger partial charge in [0, 0.05) is 44.5 Å². The van der Waals surface area contributed by atoms with Crippen molar-refractivity contribution in [3.05, 3.63) is 28.3 Å². The monoisotopic (exact) mass is 284 g/mol. The van der Waals surface area contributed by atoms with Crippen LogP contribution in [0.1, 0.15) is 13.3 Å². The number of ether oxygens (including phenoxy) is 2. The molecule has 0 amide bonds. The van der Waals surface area contributed by atoms with E-state index in [2.05, 4.69) is 5.32 Å². The zero-order valence-corrected chi connectivity index (χ0v) is 11.9. The zero-order valence-electron chi connectivity index (χ0n) is 11.9. The van der Waals surface area contributed by atoms with Crippen molar-refractivity contribution in [2.24, 2.45) is 0 Å². The van der Waals surface area contributed by atoms with Gasteiger partial charge in [0.05, 0.1) is 23.7 Å². The third-order valence-electron chi connectivity index (χ3n) is 2.86. The lowest BCUT2D eigenvalue weighted by Gasteiger charge is -2.23. The van der Waals surface area contributed by atoms with E-state index in [1.54, 1.807) is 20.1 Å². The Labute approximate surface area is 117 Å². The van der Waals surface area contributed by atoms with Crippen LogP contribution in [0.25, 0.3) is 0 Å². The Hall–Kier alpha value is -1.86. The average Bonchev–Trinajstić information content (AvgIpc) is 2.42. The Bertz CT molecular complexity index is 462. The van der Waals surface area contributed by atoms with Crippen molar-refractivity contribution in [2.75, 3.05) is 32.7 Å². The molecular formula is C13H20N2O5. The summed E-state index contributed by atoms with van der Waals surface area (Å²) in [4.78, 5) is 10.3. The van der Waals surface area contributed by atoms with Crippen LogP contribution in [0.5, 0.6) is 5.75 Å². The zero-order chi connectivity index (χ0) is 15.2. The van der Waals surface area contributed by atoms with Gasteiger partial charge < -0.3 is 19.9 Å². The van der Waals surface area contributed by atoms with Crippen LogP contribution >= 0.6 is 0 Å². The highest BCUT2D eigenvalue weighted by Gasteiger charge is 2.20. The van der Waals surface area contributed by atoms with E-state index in [1.165, 1.54) is 19.2 Å². The molecule has 0 aliphatic rings. The summed E-state index contributed by atoms with van der Waals surface area (Å²) in [5.41, 5.74) is -0.509. The van der Waals surface area contributed by atoms with Crippen molar-refractivity contribution in [2.45, 2.75) is 18.9 Å². The van der Waals surface area contributed by atoms with Crippen LogP contribution in [0.2, 0.25) is 0 Å². The first-order valence-electron chi connectivity index (χ1n) is 6.16. The maximum atomic E-state index is 10.8. The van der Waals surface area contributed by atoms with Gasteiger partial charge in [0.15, 0.2) is 0 Å². The molecule has 0 spiro atoms. The summed E-state index contributed by atoms with van der Waals surface area (Å²) >= 11 is 0. The molecule has 7 heteroatoms. The molecule has 0 saturated heterocycles. The van der Waals surface area contributed by atoms with Gasteiger partial charge in [-0.15, -0.1) is 0 Å². The molecule has 1 aromatic rings. The molecule has 0 bridgehead atoms. The lowest BCUT2D eigenvalue weighted by atomic mass is 10.0. The van der Waals surface area contributed by atoms with Gasteiger partial charge in [0.2, 0.25) is 0 Å². The fraction of sp³-hybridized carbons (Fsp3) is 0.538. The SMILES string of the molecule is COCCC(C)(O)CNc1cc(OC)cc([N+](=O)[O-])c1. The molecule has 1 aromatic carbocycles. The largest absolute Gasteiger partial charge is 0.496 e. The topological polar surface area (TPSA) is 93.9 Å². The quantitative estimate of drug-likeness (QED) is 0.558. The second-order valence-electron chi connectivity index (χ2n) is 4.77. The fourth-order valence-electron chi connectivity index (χ4n) is 1.61. The van der Waals surface area contributed by atoms with Crippen molar-refractivity contribution in [1.29, 1.82) is 0 Å². The number of benzene rings is 1. The first kappa shape index (κ1) is 16.2. The summed E-state index contributed by atoms with van der Waals surface area (Å²) in [6, 6.07) is 4.38. The number of nitro groups is 1. The predicted molar refractivity (Wildman–Crippen MR) is 75.3 cm³/mol. The van der Waals surface area contributed by atoms with Crippen molar-refractivity contribution in [1.82, 2.24) is 0 Å². The molecule has 112 valence electrons. The number of aliphatic hydroxyl groups is 1. The van der Waals surface area contributed by atoms with Gasteiger partial charge in [0.1, 0.15) is 5.75 Å². The number of non-ortho nitro benzene ring substituents is 1. The molecule has 0 radical (unpaired) electrons. The van der Waals surface area contributed by atoms with E-state index in [-0.39, 0.29) is 12.2 Å². The normalized spacial score (nSPS) is 13.6. The van der Waals surface area contributed by atoms with Crippen LogP contribution in [0, 0.1) is 10.1 Å². The highest BCUT2D eigenvalue weighted by atomic mass is 16.6. The number of hydrogen-bond acceptors (Lipinski definition) is 6. The molecule has 0 aromatic heterocycles. The predicted octanol–water partition coefficient (Wildman–Crippen LogP) is 1.80. The highest BCUT2D eigenvalue weighted by Crippen LogP contribution is 2.26. The molecule has 20 heavy (non-hydrogen) atoms. The number of nitrogens with one attached hydrogen (secondary N) is 1. The fourth-order valence-corrected chi connectivity index (χ4v) is 1.61. The minimum absolute atomic E-state index is 0.0663. The maximum absolute atomic E-state index is 10.8. The smallest absolute Gasteiger partial charge is 0.275 e. The van der Waals surface area contributed by atoms with E-state index >= 15 is 0 Å². The Morgan fingerprint density at radius 3 is 2.65 bits per heavy atom. The standard InChI is InChI=1S/C13H20N2O5/c1-13(16,4-5-19-2)9-14-10-6-11(15(17)18)8-12(7-10)20-3/h6-8,14,16H,4-5,9H2,1-3H3. The highest BCUT2D eigenvalue weighted by molar-refractivity contribution is 5.56. The van der Waals surface area contributed by atoms with E-state index in [1.807, 2.05) is 0 Å². The molecule has 7 nitrogen and oxygen atoms in total. The molecule has 2 N–H and O–H groups in total. The van der Waals surface area contributed by atoms with Gasteiger partial charge in [-0.05, 0) is 6.92 Å². The number of rotatable bonds is 8. The summed E-state index contributed by atoms with van der Waals surface area (Å²) < 4.78 is 9.94. The molecule has 0 aliphatic heterocycles. The molecular weight excluding hydrogens is 264 g/mol. The number of nitro benzene ring substituents is 1. The van der Waals surface area contributed by atoms with Gasteiger partial charge >= 0.3 is 0 Å². The van der Waals surface area contributed by atoms with Gasteiger partial charge in [-0.25, -0.2) is 0 Å². The van der Waals surface area contributed by atoms with Crippen molar-refractivity contribution < 1.29 is 19.5 Å². The van der Waals surface area contributed by atoms with Crippen LogP contribution in [-0.2, 0) is 4.74 Å². The van der Waals surface area contributed by atoms with Crippen LogP contribution in [-0.4, -0.2) is 43.0 Å². The van der Waals surface area contributed by atoms with Crippen molar-refractivity contribution in [3.63, 3.8) is 0 Å². The second-order valence-corrected chi connectivity index (χ2v) is 4.77. The summed E-state index contributed by atoms with van der Waals surface area (Å²) in [6.45, 7) is 2.36. The lowest BCUT2D eigenvalue weighted by molar-refractivity contribution is -0.384. The Kier molecular flexibility index (Phi) is 5.72. The van der Waals surface area contributed by atoms with Crippen LogP contribution in [0.15, 0.2) is 18.2 Å². The third kappa shape index (κ3) is 5.02. The van der Waals surface area contributed by atoms with Crippen LogP contribution in [0.3, 0.4) is 0 Å². The molecule has 0 saturated carbocycles. The maximum Gasteiger partial charge on any atom is 0.275 e. The summed E-state index contributed by atoms with van der Waals surface area (Å²) in [5, 5.41) is 23.9. The minimum atomic E-state index is -0.964. The second kappa shape index (κ2) is 7.06.